The molecule has 0 bridgehead atoms. The van der Waals surface area contributed by atoms with Gasteiger partial charge in [0.2, 0.25) is 5.91 Å². The Balaban J connectivity index is 2.14. The zero-order chi connectivity index (χ0) is 15.4. The maximum absolute atomic E-state index is 13.0. The van der Waals surface area contributed by atoms with Crippen LogP contribution < -0.4 is 0 Å². The fraction of sp³-hybridized carbons (Fsp3) is 0.467. The number of carboxylic acid groups (broad SMARTS) is 1. The number of carboxylic acids is 1. The molecule has 1 aliphatic rings. The third-order valence-corrected chi connectivity index (χ3v) is 4.42. The van der Waals surface area contributed by atoms with Crippen molar-refractivity contribution in [1.82, 2.24) is 4.90 Å². The zero-order valence-electron chi connectivity index (χ0n) is 11.8. The summed E-state index contributed by atoms with van der Waals surface area (Å²) in [5, 5.41) is 9.36. The smallest absolute Gasteiger partial charge is 0.308 e. The first-order valence-corrected chi connectivity index (χ1v) is 8.17. The number of thioether (sulfide) groups is 1. The van der Waals surface area contributed by atoms with E-state index < -0.39 is 11.9 Å². The summed E-state index contributed by atoms with van der Waals surface area (Å²) in [5.41, 5.74) is 0.768. The second kappa shape index (κ2) is 6.93. The van der Waals surface area contributed by atoms with Gasteiger partial charge in [-0.25, -0.2) is 4.39 Å². The number of benzene rings is 1. The average Bonchev–Trinajstić information content (AvgIpc) is 2.91. The Morgan fingerprint density at radius 1 is 1.33 bits per heavy atom. The van der Waals surface area contributed by atoms with Gasteiger partial charge in [0.15, 0.2) is 0 Å². The minimum Gasteiger partial charge on any atom is -0.481 e. The molecule has 2 rings (SSSR count). The number of carbonyl (C=O) groups excluding carboxylic acids is 1. The van der Waals surface area contributed by atoms with Crippen LogP contribution in [-0.4, -0.2) is 47.0 Å². The molecule has 1 aliphatic heterocycles. The van der Waals surface area contributed by atoms with Crippen molar-refractivity contribution in [3.8, 4) is 0 Å². The lowest BCUT2D eigenvalue weighted by atomic mass is 9.89. The summed E-state index contributed by atoms with van der Waals surface area (Å²) in [5.74, 6) is -1.45. The van der Waals surface area contributed by atoms with Crippen LogP contribution >= 0.6 is 11.8 Å². The highest BCUT2D eigenvalue weighted by atomic mass is 32.2. The number of halogens is 1. The van der Waals surface area contributed by atoms with E-state index >= 15 is 0 Å². The minimum absolute atomic E-state index is 0.0137. The van der Waals surface area contributed by atoms with Crippen molar-refractivity contribution in [2.75, 3.05) is 25.1 Å². The van der Waals surface area contributed by atoms with Crippen LogP contribution in [0.1, 0.15) is 17.9 Å². The van der Waals surface area contributed by atoms with Gasteiger partial charge < -0.3 is 10.0 Å². The molecule has 0 unspecified atom stereocenters. The van der Waals surface area contributed by atoms with Crippen LogP contribution in [0.4, 0.5) is 4.39 Å². The van der Waals surface area contributed by atoms with Crippen molar-refractivity contribution in [2.24, 2.45) is 5.92 Å². The van der Waals surface area contributed by atoms with Gasteiger partial charge in [0, 0.05) is 31.2 Å². The Morgan fingerprint density at radius 3 is 2.57 bits per heavy atom. The van der Waals surface area contributed by atoms with Gasteiger partial charge in [0.1, 0.15) is 5.82 Å². The van der Waals surface area contributed by atoms with Crippen molar-refractivity contribution in [3.05, 3.63) is 35.6 Å². The highest BCUT2D eigenvalue weighted by molar-refractivity contribution is 7.98. The molecule has 1 aromatic rings. The Hall–Kier alpha value is -1.56. The number of hydrogen-bond acceptors (Lipinski definition) is 3. The van der Waals surface area contributed by atoms with E-state index in [9.17, 15) is 19.1 Å². The van der Waals surface area contributed by atoms with E-state index in [2.05, 4.69) is 0 Å². The summed E-state index contributed by atoms with van der Waals surface area (Å²) in [6.07, 6.45) is 2.35. The molecule has 1 aromatic carbocycles. The normalized spacial score (nSPS) is 21.5. The van der Waals surface area contributed by atoms with Crippen LogP contribution in [0.5, 0.6) is 0 Å². The largest absolute Gasteiger partial charge is 0.481 e. The van der Waals surface area contributed by atoms with Gasteiger partial charge in [-0.3, -0.25) is 9.59 Å². The van der Waals surface area contributed by atoms with Gasteiger partial charge in [-0.2, -0.15) is 11.8 Å². The number of hydrogen-bond donors (Lipinski definition) is 1. The van der Waals surface area contributed by atoms with E-state index in [1.165, 1.54) is 12.1 Å². The first-order valence-electron chi connectivity index (χ1n) is 6.78. The minimum atomic E-state index is -0.913. The van der Waals surface area contributed by atoms with E-state index in [1.807, 2.05) is 6.26 Å². The second-order valence-electron chi connectivity index (χ2n) is 5.14. The zero-order valence-corrected chi connectivity index (χ0v) is 12.6. The molecule has 1 amide bonds. The number of rotatable bonds is 5. The molecule has 0 radical (unpaired) electrons. The molecule has 1 saturated heterocycles. The van der Waals surface area contributed by atoms with Crippen molar-refractivity contribution in [1.29, 1.82) is 0 Å². The maximum atomic E-state index is 13.0. The van der Waals surface area contributed by atoms with Crippen LogP contribution in [0.3, 0.4) is 0 Å². The molecule has 1 fully saturated rings. The number of nitrogens with zero attached hydrogens (tertiary/aromatic N) is 1. The SMILES string of the molecule is CSCCC(=O)N1C[C@@H](C(=O)O)[C@H](c2ccc(F)cc2)C1. The summed E-state index contributed by atoms with van der Waals surface area (Å²) in [4.78, 5) is 25.1. The maximum Gasteiger partial charge on any atom is 0.308 e. The van der Waals surface area contributed by atoms with E-state index in [1.54, 1.807) is 28.8 Å². The number of amides is 1. The number of aliphatic carboxylic acids is 1. The van der Waals surface area contributed by atoms with Crippen LogP contribution in [-0.2, 0) is 9.59 Å². The summed E-state index contributed by atoms with van der Waals surface area (Å²) in [7, 11) is 0. The molecule has 1 heterocycles. The van der Waals surface area contributed by atoms with Crippen molar-refractivity contribution in [3.63, 3.8) is 0 Å². The van der Waals surface area contributed by atoms with Crippen LogP contribution in [0.15, 0.2) is 24.3 Å². The van der Waals surface area contributed by atoms with Gasteiger partial charge in [-0.1, -0.05) is 12.1 Å². The lowest BCUT2D eigenvalue weighted by Crippen LogP contribution is -2.30. The summed E-state index contributed by atoms with van der Waals surface area (Å²) < 4.78 is 13.0. The highest BCUT2D eigenvalue weighted by Crippen LogP contribution is 2.33. The predicted molar refractivity (Wildman–Crippen MR) is 79.8 cm³/mol. The third-order valence-electron chi connectivity index (χ3n) is 3.81. The van der Waals surface area contributed by atoms with E-state index in [-0.39, 0.29) is 24.2 Å². The molecule has 4 nitrogen and oxygen atoms in total. The van der Waals surface area contributed by atoms with Crippen LogP contribution in [0.25, 0.3) is 0 Å². The third kappa shape index (κ3) is 3.75. The molecule has 2 atom stereocenters. The molecule has 21 heavy (non-hydrogen) atoms. The summed E-state index contributed by atoms with van der Waals surface area (Å²) in [6, 6.07) is 5.86. The van der Waals surface area contributed by atoms with Crippen LogP contribution in [0, 0.1) is 11.7 Å². The van der Waals surface area contributed by atoms with Crippen molar-refractivity contribution < 1.29 is 19.1 Å². The lowest BCUT2D eigenvalue weighted by molar-refractivity contribution is -0.141. The van der Waals surface area contributed by atoms with Gasteiger partial charge in [-0.05, 0) is 24.0 Å². The average molecular weight is 311 g/mol. The second-order valence-corrected chi connectivity index (χ2v) is 6.13. The fourth-order valence-corrected chi connectivity index (χ4v) is 3.03. The molecule has 1 N–H and O–H groups in total. The first-order chi connectivity index (χ1) is 10.0. The van der Waals surface area contributed by atoms with Gasteiger partial charge >= 0.3 is 5.97 Å². The van der Waals surface area contributed by atoms with Crippen molar-refractivity contribution >= 4 is 23.6 Å². The first kappa shape index (κ1) is 15.8. The molecular weight excluding hydrogens is 293 g/mol. The highest BCUT2D eigenvalue weighted by Gasteiger charge is 2.40. The van der Waals surface area contributed by atoms with Gasteiger partial charge in [0.25, 0.3) is 0 Å². The molecule has 0 spiro atoms. The quantitative estimate of drug-likeness (QED) is 0.906. The van der Waals surface area contributed by atoms with E-state index in [0.717, 1.165) is 11.3 Å². The van der Waals surface area contributed by atoms with Crippen LogP contribution in [0.2, 0.25) is 0 Å². The van der Waals surface area contributed by atoms with Gasteiger partial charge in [-0.15, -0.1) is 0 Å². The Bertz CT molecular complexity index is 520. The molecule has 114 valence electrons. The standard InChI is InChI=1S/C15H18FNO3S/c1-21-7-6-14(18)17-8-12(13(9-17)15(19)20)10-2-4-11(16)5-3-10/h2-5,12-13H,6-9H2,1H3,(H,19,20)/t12-,13+/m0/s1. The fourth-order valence-electron chi connectivity index (χ4n) is 2.65. The number of likely N-dealkylation sites (tertiary alicyclic amines) is 1. The predicted octanol–water partition coefficient (Wildman–Crippen LogP) is 2.21. The Kier molecular flexibility index (Phi) is 5.22. The topological polar surface area (TPSA) is 57.6 Å². The monoisotopic (exact) mass is 311 g/mol. The van der Waals surface area contributed by atoms with E-state index in [4.69, 9.17) is 0 Å². The molecule has 0 aromatic heterocycles. The van der Waals surface area contributed by atoms with E-state index in [0.29, 0.717) is 13.0 Å². The molecule has 0 aliphatic carbocycles. The van der Waals surface area contributed by atoms with Gasteiger partial charge in [0.05, 0.1) is 5.92 Å². The molecule has 0 saturated carbocycles. The number of carbonyl (C=O) groups is 2. The Morgan fingerprint density at radius 2 is 2.00 bits per heavy atom. The summed E-state index contributed by atoms with van der Waals surface area (Å²) >= 11 is 1.59. The summed E-state index contributed by atoms with van der Waals surface area (Å²) in [6.45, 7) is 0.612. The lowest BCUT2D eigenvalue weighted by Gasteiger charge is -2.16. The molecular formula is C15H18FNO3S. The van der Waals surface area contributed by atoms with Crippen molar-refractivity contribution in [2.45, 2.75) is 12.3 Å². The Labute approximate surface area is 127 Å². The molecule has 6 heteroatoms.